The van der Waals surface area contributed by atoms with E-state index in [9.17, 15) is 9.90 Å². The molecule has 100 valence electrons. The SMILES string of the molecule is C[C@H](O)C1CC(C)(C)CN1C(=O)OC(C)(C)C. The highest BCUT2D eigenvalue weighted by molar-refractivity contribution is 5.69. The number of ether oxygens (including phenoxy) is 1. The smallest absolute Gasteiger partial charge is 0.410 e. The molecule has 0 spiro atoms. The van der Waals surface area contributed by atoms with Gasteiger partial charge in [0.05, 0.1) is 12.1 Å². The lowest BCUT2D eigenvalue weighted by molar-refractivity contribution is 0.00754. The van der Waals surface area contributed by atoms with E-state index in [0.29, 0.717) is 6.54 Å². The lowest BCUT2D eigenvalue weighted by atomic mass is 9.89. The minimum atomic E-state index is -0.524. The first-order chi connectivity index (χ1) is 7.52. The second-order valence-corrected chi connectivity index (χ2v) is 6.78. The Morgan fingerprint density at radius 2 is 2.00 bits per heavy atom. The Bertz CT molecular complexity index is 292. The molecule has 0 radical (unpaired) electrons. The van der Waals surface area contributed by atoms with Gasteiger partial charge in [0.2, 0.25) is 0 Å². The second kappa shape index (κ2) is 4.48. The van der Waals surface area contributed by atoms with Crippen molar-refractivity contribution >= 4 is 6.09 Å². The number of amides is 1. The van der Waals surface area contributed by atoms with Crippen LogP contribution < -0.4 is 0 Å². The van der Waals surface area contributed by atoms with E-state index in [1.807, 2.05) is 20.8 Å². The monoisotopic (exact) mass is 243 g/mol. The van der Waals surface area contributed by atoms with Gasteiger partial charge in [-0.3, -0.25) is 0 Å². The molecule has 1 N–H and O–H groups in total. The number of nitrogens with zero attached hydrogens (tertiary/aromatic N) is 1. The van der Waals surface area contributed by atoms with Crippen molar-refractivity contribution in [3.8, 4) is 0 Å². The van der Waals surface area contributed by atoms with Crippen molar-refractivity contribution in [3.63, 3.8) is 0 Å². The fraction of sp³-hybridized carbons (Fsp3) is 0.923. The van der Waals surface area contributed by atoms with Gasteiger partial charge < -0.3 is 14.7 Å². The Kier molecular flexibility index (Phi) is 3.77. The third-order valence-corrected chi connectivity index (χ3v) is 2.95. The summed E-state index contributed by atoms with van der Waals surface area (Å²) in [7, 11) is 0. The molecule has 0 aromatic heterocycles. The molecule has 2 atom stereocenters. The van der Waals surface area contributed by atoms with Crippen molar-refractivity contribution in [2.24, 2.45) is 5.41 Å². The fourth-order valence-corrected chi connectivity index (χ4v) is 2.27. The first-order valence-corrected chi connectivity index (χ1v) is 6.19. The lowest BCUT2D eigenvalue weighted by Gasteiger charge is -2.29. The van der Waals surface area contributed by atoms with Gasteiger partial charge in [-0.15, -0.1) is 0 Å². The van der Waals surface area contributed by atoms with Crippen LogP contribution in [0.5, 0.6) is 0 Å². The van der Waals surface area contributed by atoms with Crippen LogP contribution in [-0.2, 0) is 4.74 Å². The van der Waals surface area contributed by atoms with E-state index in [1.54, 1.807) is 11.8 Å². The summed E-state index contributed by atoms with van der Waals surface area (Å²) in [5.74, 6) is 0. The Morgan fingerprint density at radius 1 is 1.47 bits per heavy atom. The summed E-state index contributed by atoms with van der Waals surface area (Å²) in [6.07, 6.45) is -0.0394. The third-order valence-electron chi connectivity index (χ3n) is 2.95. The normalized spacial score (nSPS) is 25.8. The molecule has 0 aromatic carbocycles. The topological polar surface area (TPSA) is 49.8 Å². The maximum atomic E-state index is 12.1. The van der Waals surface area contributed by atoms with Gasteiger partial charge in [0.25, 0.3) is 0 Å². The Morgan fingerprint density at radius 3 is 2.41 bits per heavy atom. The molecule has 1 amide bonds. The van der Waals surface area contributed by atoms with Crippen LogP contribution >= 0.6 is 0 Å². The molecule has 1 unspecified atom stereocenters. The summed E-state index contributed by atoms with van der Waals surface area (Å²) in [5, 5.41) is 9.75. The highest BCUT2D eigenvalue weighted by Crippen LogP contribution is 2.36. The van der Waals surface area contributed by atoms with Crippen molar-refractivity contribution in [2.75, 3.05) is 6.54 Å². The molecule has 0 saturated carbocycles. The summed E-state index contributed by atoms with van der Waals surface area (Å²) in [6.45, 7) is 12.1. The summed E-state index contributed by atoms with van der Waals surface area (Å²) >= 11 is 0. The van der Waals surface area contributed by atoms with Crippen molar-refractivity contribution in [1.82, 2.24) is 4.90 Å². The summed E-state index contributed by atoms with van der Waals surface area (Å²) in [4.78, 5) is 13.7. The molecule has 1 fully saturated rings. The first-order valence-electron chi connectivity index (χ1n) is 6.19. The zero-order valence-electron chi connectivity index (χ0n) is 11.8. The standard InChI is InChI=1S/C13H25NO3/c1-9(15)10-7-13(5,6)8-14(10)11(16)17-12(2,3)4/h9-10,15H,7-8H2,1-6H3/t9-,10?/m0/s1. The average molecular weight is 243 g/mol. The lowest BCUT2D eigenvalue weighted by Crippen LogP contribution is -2.44. The van der Waals surface area contributed by atoms with Crippen LogP contribution in [0.25, 0.3) is 0 Å². The van der Waals surface area contributed by atoms with Crippen LogP contribution in [0.15, 0.2) is 0 Å². The zero-order chi connectivity index (χ0) is 13.4. The van der Waals surface area contributed by atoms with Crippen molar-refractivity contribution in [2.45, 2.75) is 65.7 Å². The summed E-state index contributed by atoms with van der Waals surface area (Å²) in [6, 6.07) is -0.139. The highest BCUT2D eigenvalue weighted by atomic mass is 16.6. The molecule has 1 rings (SSSR count). The van der Waals surface area contributed by atoms with Gasteiger partial charge in [-0.1, -0.05) is 13.8 Å². The van der Waals surface area contributed by atoms with Gasteiger partial charge in [-0.05, 0) is 39.5 Å². The number of aliphatic hydroxyl groups excluding tert-OH is 1. The second-order valence-electron chi connectivity index (χ2n) is 6.78. The predicted molar refractivity (Wildman–Crippen MR) is 66.8 cm³/mol. The van der Waals surface area contributed by atoms with E-state index in [4.69, 9.17) is 4.74 Å². The van der Waals surface area contributed by atoms with E-state index in [1.165, 1.54) is 0 Å². The molecule has 0 bridgehead atoms. The van der Waals surface area contributed by atoms with Gasteiger partial charge in [0.15, 0.2) is 0 Å². The van der Waals surface area contributed by atoms with Gasteiger partial charge in [0.1, 0.15) is 5.60 Å². The van der Waals surface area contributed by atoms with Crippen LogP contribution in [0.2, 0.25) is 0 Å². The number of carbonyl (C=O) groups is 1. The number of carbonyl (C=O) groups excluding carboxylic acids is 1. The van der Waals surface area contributed by atoms with E-state index in [-0.39, 0.29) is 17.6 Å². The molecule has 1 aliphatic heterocycles. The minimum Gasteiger partial charge on any atom is -0.444 e. The van der Waals surface area contributed by atoms with Crippen LogP contribution in [0.1, 0.15) is 48.0 Å². The molecule has 1 aliphatic rings. The van der Waals surface area contributed by atoms with Crippen LogP contribution in [0.3, 0.4) is 0 Å². The Labute approximate surface area is 104 Å². The zero-order valence-corrected chi connectivity index (χ0v) is 11.8. The molecule has 0 aliphatic carbocycles. The third kappa shape index (κ3) is 3.87. The van der Waals surface area contributed by atoms with Gasteiger partial charge in [0, 0.05) is 6.54 Å². The molecular formula is C13H25NO3. The largest absolute Gasteiger partial charge is 0.444 e. The predicted octanol–water partition coefficient (Wildman–Crippen LogP) is 2.40. The summed E-state index contributed by atoms with van der Waals surface area (Å²) < 4.78 is 5.37. The van der Waals surface area contributed by atoms with Gasteiger partial charge >= 0.3 is 6.09 Å². The van der Waals surface area contributed by atoms with E-state index in [2.05, 4.69) is 13.8 Å². The molecule has 0 aromatic rings. The molecular weight excluding hydrogens is 218 g/mol. The Hall–Kier alpha value is -0.770. The van der Waals surface area contributed by atoms with Crippen LogP contribution in [0, 0.1) is 5.41 Å². The number of likely N-dealkylation sites (tertiary alicyclic amines) is 1. The number of rotatable bonds is 1. The van der Waals surface area contributed by atoms with Crippen molar-refractivity contribution < 1.29 is 14.6 Å². The summed E-state index contributed by atoms with van der Waals surface area (Å²) in [5.41, 5.74) is -0.453. The van der Waals surface area contributed by atoms with E-state index < -0.39 is 11.7 Å². The fourth-order valence-electron chi connectivity index (χ4n) is 2.27. The number of aliphatic hydroxyl groups is 1. The van der Waals surface area contributed by atoms with E-state index in [0.717, 1.165) is 6.42 Å². The Balaban J connectivity index is 2.77. The van der Waals surface area contributed by atoms with Crippen LogP contribution in [0.4, 0.5) is 4.79 Å². The number of hydrogen-bond donors (Lipinski definition) is 1. The number of hydrogen-bond acceptors (Lipinski definition) is 3. The highest BCUT2D eigenvalue weighted by Gasteiger charge is 2.43. The molecule has 4 heteroatoms. The van der Waals surface area contributed by atoms with Gasteiger partial charge in [-0.2, -0.15) is 0 Å². The van der Waals surface area contributed by atoms with Crippen LogP contribution in [-0.4, -0.2) is 40.4 Å². The molecule has 17 heavy (non-hydrogen) atoms. The van der Waals surface area contributed by atoms with E-state index >= 15 is 0 Å². The molecule has 1 saturated heterocycles. The maximum Gasteiger partial charge on any atom is 0.410 e. The maximum absolute atomic E-state index is 12.1. The molecule has 4 nitrogen and oxygen atoms in total. The molecule has 1 heterocycles. The quantitative estimate of drug-likeness (QED) is 0.769. The van der Waals surface area contributed by atoms with Crippen molar-refractivity contribution in [3.05, 3.63) is 0 Å². The minimum absolute atomic E-state index is 0.0402. The first kappa shape index (κ1) is 14.3. The van der Waals surface area contributed by atoms with Crippen molar-refractivity contribution in [1.29, 1.82) is 0 Å². The van der Waals surface area contributed by atoms with Gasteiger partial charge in [-0.25, -0.2) is 4.79 Å². The average Bonchev–Trinajstić information content (AvgIpc) is 2.38.